The summed E-state index contributed by atoms with van der Waals surface area (Å²) in [4.78, 5) is 0. The van der Waals surface area contributed by atoms with Gasteiger partial charge in [-0.15, -0.1) is 6.58 Å². The van der Waals surface area contributed by atoms with Crippen molar-refractivity contribution in [1.29, 1.82) is 0 Å². The second kappa shape index (κ2) is 11.4. The van der Waals surface area contributed by atoms with Crippen LogP contribution in [0.5, 0.6) is 5.75 Å². The van der Waals surface area contributed by atoms with Crippen LogP contribution in [0.15, 0.2) is 55.1 Å². The molecule has 8 atom stereocenters. The zero-order valence-electron chi connectivity index (χ0n) is 26.6. The maximum atomic E-state index is 7.18. The Hall–Kier alpha value is -2.04. The number of ether oxygens (including phenoxy) is 8. The van der Waals surface area contributed by atoms with Crippen molar-refractivity contribution in [3.8, 4) is 5.75 Å². The molecular formula is C35H48O8. The molecule has 0 amide bonds. The van der Waals surface area contributed by atoms with Crippen molar-refractivity contribution in [2.24, 2.45) is 0 Å². The quantitative estimate of drug-likeness (QED) is 0.247. The molecule has 0 aromatic heterocycles. The lowest BCUT2D eigenvalue weighted by Gasteiger charge is -2.56. The van der Waals surface area contributed by atoms with Crippen molar-refractivity contribution in [3.05, 3.63) is 55.1 Å². The van der Waals surface area contributed by atoms with E-state index in [2.05, 4.69) is 45.5 Å². The van der Waals surface area contributed by atoms with Crippen LogP contribution in [0.1, 0.15) is 73.1 Å². The highest BCUT2D eigenvalue weighted by Gasteiger charge is 2.63. The van der Waals surface area contributed by atoms with Gasteiger partial charge < -0.3 is 37.9 Å². The molecule has 4 saturated heterocycles. The smallest absolute Gasteiger partial charge is 0.195 e. The minimum atomic E-state index is -0.817. The van der Waals surface area contributed by atoms with E-state index in [0.717, 1.165) is 35.8 Å². The van der Waals surface area contributed by atoms with E-state index >= 15 is 0 Å². The third kappa shape index (κ3) is 5.76. The molecule has 4 aliphatic rings. The van der Waals surface area contributed by atoms with Gasteiger partial charge in [0.2, 0.25) is 0 Å². The van der Waals surface area contributed by atoms with E-state index in [0.29, 0.717) is 25.9 Å². The van der Waals surface area contributed by atoms with Gasteiger partial charge in [-0.25, -0.2) is 0 Å². The molecule has 0 N–H and O–H groups in total. The molecule has 2 aromatic rings. The topological polar surface area (TPSA) is 73.8 Å². The van der Waals surface area contributed by atoms with Crippen LogP contribution in [0, 0.1) is 0 Å². The molecule has 4 aliphatic heterocycles. The van der Waals surface area contributed by atoms with Crippen molar-refractivity contribution < 1.29 is 37.9 Å². The zero-order chi connectivity index (χ0) is 30.5. The van der Waals surface area contributed by atoms with Gasteiger partial charge in [-0.3, -0.25) is 0 Å². The van der Waals surface area contributed by atoms with Crippen molar-refractivity contribution in [3.63, 3.8) is 0 Å². The van der Waals surface area contributed by atoms with Crippen molar-refractivity contribution in [2.75, 3.05) is 20.5 Å². The molecule has 0 bridgehead atoms. The van der Waals surface area contributed by atoms with E-state index < -0.39 is 28.4 Å². The van der Waals surface area contributed by atoms with Crippen LogP contribution in [0.3, 0.4) is 0 Å². The van der Waals surface area contributed by atoms with Crippen LogP contribution in [0.4, 0.5) is 0 Å². The van der Waals surface area contributed by atoms with Gasteiger partial charge in [-0.05, 0) is 65.3 Å². The maximum Gasteiger partial charge on any atom is 0.195 e. The first-order chi connectivity index (χ1) is 20.4. The standard InChI is InChI=1S/C35H48O8/c1-8-12-29(39-26-16-11-14-24-13-9-10-15-25(24)26)34(6)30(37-23-36-7)21-33(5)28(40-34)18-17-27-32(4,43-33)19-20-35(41-27)22-38-31(2,3)42-35/h8-11,13-16,27-30H,1,12,17-23H2,2-7H3/t27-,28+,29-,30+,32+,33-,34-,35+/m0/s1. The fourth-order valence-corrected chi connectivity index (χ4v) is 7.67. The minimum absolute atomic E-state index is 0.137. The van der Waals surface area contributed by atoms with E-state index in [-0.39, 0.29) is 31.2 Å². The summed E-state index contributed by atoms with van der Waals surface area (Å²) >= 11 is 0. The molecule has 4 heterocycles. The Kier molecular flexibility index (Phi) is 8.20. The Bertz CT molecular complexity index is 1310. The summed E-state index contributed by atoms with van der Waals surface area (Å²) in [6.45, 7) is 14.9. The van der Waals surface area contributed by atoms with Gasteiger partial charge in [0.25, 0.3) is 0 Å². The number of hydrogen-bond acceptors (Lipinski definition) is 8. The summed E-state index contributed by atoms with van der Waals surface area (Å²) in [6.07, 6.45) is 5.02. The van der Waals surface area contributed by atoms with Crippen LogP contribution in [-0.4, -0.2) is 73.3 Å². The molecule has 1 spiro atoms. The van der Waals surface area contributed by atoms with Crippen LogP contribution < -0.4 is 4.74 Å². The summed E-state index contributed by atoms with van der Waals surface area (Å²) in [6, 6.07) is 14.4. The van der Waals surface area contributed by atoms with Crippen molar-refractivity contribution in [1.82, 2.24) is 0 Å². The van der Waals surface area contributed by atoms with E-state index in [9.17, 15) is 0 Å². The Morgan fingerprint density at radius 3 is 2.40 bits per heavy atom. The predicted molar refractivity (Wildman–Crippen MR) is 163 cm³/mol. The summed E-state index contributed by atoms with van der Waals surface area (Å²) in [7, 11) is 1.64. The Labute approximate surface area is 255 Å². The van der Waals surface area contributed by atoms with Gasteiger partial charge >= 0.3 is 0 Å². The predicted octanol–water partition coefficient (Wildman–Crippen LogP) is 6.69. The van der Waals surface area contributed by atoms with Crippen LogP contribution in [-0.2, 0) is 33.2 Å². The molecule has 4 fully saturated rings. The largest absolute Gasteiger partial charge is 0.486 e. The summed E-state index contributed by atoms with van der Waals surface area (Å²) in [5.41, 5.74) is -1.93. The highest BCUT2D eigenvalue weighted by molar-refractivity contribution is 5.88. The zero-order valence-corrected chi connectivity index (χ0v) is 26.6. The first-order valence-corrected chi connectivity index (χ1v) is 15.7. The highest BCUT2D eigenvalue weighted by atomic mass is 16.8. The van der Waals surface area contributed by atoms with Crippen LogP contribution >= 0.6 is 0 Å². The molecule has 8 heteroatoms. The van der Waals surface area contributed by atoms with Gasteiger partial charge in [0.05, 0.1) is 29.5 Å². The second-order valence-corrected chi connectivity index (χ2v) is 13.8. The van der Waals surface area contributed by atoms with Crippen LogP contribution in [0.25, 0.3) is 10.8 Å². The lowest BCUT2D eigenvalue weighted by atomic mass is 9.76. The normalized spacial score (nSPS) is 39.5. The van der Waals surface area contributed by atoms with E-state index in [1.165, 1.54) is 0 Å². The van der Waals surface area contributed by atoms with E-state index in [4.69, 9.17) is 37.9 Å². The Morgan fingerprint density at radius 1 is 0.930 bits per heavy atom. The van der Waals surface area contributed by atoms with E-state index in [1.54, 1.807) is 7.11 Å². The Morgan fingerprint density at radius 2 is 1.67 bits per heavy atom. The molecule has 8 nitrogen and oxygen atoms in total. The average Bonchev–Trinajstić information content (AvgIpc) is 3.22. The molecule has 6 rings (SSSR count). The van der Waals surface area contributed by atoms with Crippen molar-refractivity contribution >= 4 is 10.8 Å². The lowest BCUT2D eigenvalue weighted by Crippen LogP contribution is -2.67. The monoisotopic (exact) mass is 596 g/mol. The second-order valence-electron chi connectivity index (χ2n) is 13.8. The summed E-state index contributed by atoms with van der Waals surface area (Å²) in [5, 5.41) is 2.18. The highest BCUT2D eigenvalue weighted by Crippen LogP contribution is 2.53. The fraction of sp³-hybridized carbons (Fsp3) is 0.657. The van der Waals surface area contributed by atoms with Crippen LogP contribution in [0.2, 0.25) is 0 Å². The SMILES string of the molecule is C=CC[C@H](Oc1cccc2ccccc12)[C@]1(C)O[C@@H]2CC[C@@H]3O[C@@]4(CC[C@@]3(C)O[C@@]2(C)C[C@H]1OCOC)COC(C)(C)O4. The van der Waals surface area contributed by atoms with Gasteiger partial charge in [0, 0.05) is 31.8 Å². The third-order valence-electron chi connectivity index (χ3n) is 10.0. The molecule has 2 aromatic carbocycles. The van der Waals surface area contributed by atoms with E-state index in [1.807, 2.05) is 44.2 Å². The molecule has 0 saturated carbocycles. The first kappa shape index (κ1) is 31.0. The minimum Gasteiger partial charge on any atom is -0.486 e. The third-order valence-corrected chi connectivity index (χ3v) is 10.0. The molecular weight excluding hydrogens is 548 g/mol. The number of methoxy groups -OCH3 is 1. The first-order valence-electron chi connectivity index (χ1n) is 15.7. The number of hydrogen-bond donors (Lipinski definition) is 0. The van der Waals surface area contributed by atoms with Gasteiger partial charge in [0.1, 0.15) is 30.9 Å². The van der Waals surface area contributed by atoms with Crippen molar-refractivity contribution in [2.45, 2.75) is 126 Å². The molecule has 0 unspecified atom stereocenters. The summed E-state index contributed by atoms with van der Waals surface area (Å²) in [5.74, 6) is -0.598. The molecule has 236 valence electrons. The summed E-state index contributed by atoms with van der Waals surface area (Å²) < 4.78 is 52.0. The lowest BCUT2D eigenvalue weighted by molar-refractivity contribution is -0.349. The van der Waals surface area contributed by atoms with Gasteiger partial charge in [-0.1, -0.05) is 42.5 Å². The molecule has 43 heavy (non-hydrogen) atoms. The number of fused-ring (bicyclic) bond motifs is 3. The number of rotatable bonds is 8. The fourth-order valence-electron chi connectivity index (χ4n) is 7.67. The molecule has 0 radical (unpaired) electrons. The molecule has 0 aliphatic carbocycles. The van der Waals surface area contributed by atoms with Gasteiger partial charge in [0.15, 0.2) is 11.6 Å². The maximum absolute atomic E-state index is 7.18. The Balaban J connectivity index is 1.30. The average molecular weight is 597 g/mol. The van der Waals surface area contributed by atoms with Gasteiger partial charge in [-0.2, -0.15) is 0 Å². The number of benzene rings is 2.